The van der Waals surface area contributed by atoms with Crippen LogP contribution in [0.5, 0.6) is 5.75 Å². The van der Waals surface area contributed by atoms with Crippen LogP contribution in [-0.4, -0.2) is 26.3 Å². The summed E-state index contributed by atoms with van der Waals surface area (Å²) in [5, 5.41) is 0. The van der Waals surface area contributed by atoms with Gasteiger partial charge in [-0.05, 0) is 36.4 Å². The first kappa shape index (κ1) is 20.2. The topological polar surface area (TPSA) is 107 Å². The number of benzene rings is 3. The molecule has 8 heteroatoms. The lowest BCUT2D eigenvalue weighted by atomic mass is 9.91. The highest BCUT2D eigenvalue weighted by Gasteiger charge is 2.36. The van der Waals surface area contributed by atoms with Gasteiger partial charge in [0.15, 0.2) is 0 Å². The summed E-state index contributed by atoms with van der Waals surface area (Å²) >= 11 is 0. The minimum atomic E-state index is -4.16. The number of nitrogens with one attached hydrogen (secondary N) is 1. The quantitative estimate of drug-likeness (QED) is 0.599. The molecule has 31 heavy (non-hydrogen) atoms. The Labute approximate surface area is 178 Å². The maximum absolute atomic E-state index is 13.1. The minimum Gasteiger partial charge on any atom is -0.451 e. The molecule has 1 N–H and O–H groups in total. The first-order chi connectivity index (χ1) is 14.9. The minimum absolute atomic E-state index is 0.0712. The number of allylic oxidation sites excluding steroid dienone is 2. The van der Waals surface area contributed by atoms with Crippen LogP contribution in [0.4, 0.5) is 0 Å². The molecule has 4 rings (SSSR count). The lowest BCUT2D eigenvalue weighted by Crippen LogP contribution is -2.35. The lowest BCUT2D eigenvalue weighted by molar-refractivity contribution is 0.0933. The number of carbonyl (C=O) groups excluding carboxylic acids is 3. The largest absolute Gasteiger partial charge is 0.451 e. The van der Waals surface area contributed by atoms with Crippen molar-refractivity contribution in [1.82, 2.24) is 4.72 Å². The Kier molecular flexibility index (Phi) is 5.22. The van der Waals surface area contributed by atoms with E-state index < -0.39 is 33.0 Å². The van der Waals surface area contributed by atoms with E-state index in [2.05, 4.69) is 4.72 Å². The second-order valence-electron chi connectivity index (χ2n) is 6.62. The highest BCUT2D eigenvalue weighted by atomic mass is 32.2. The fourth-order valence-corrected chi connectivity index (χ4v) is 4.16. The molecule has 0 spiro atoms. The van der Waals surface area contributed by atoms with E-state index in [9.17, 15) is 22.8 Å². The molecule has 1 aliphatic carbocycles. The van der Waals surface area contributed by atoms with Gasteiger partial charge in [0.2, 0.25) is 17.3 Å². The average Bonchev–Trinajstić information content (AvgIpc) is 2.80. The third-order valence-electron chi connectivity index (χ3n) is 4.60. The summed E-state index contributed by atoms with van der Waals surface area (Å²) in [6, 6.07) is 19.4. The highest BCUT2D eigenvalue weighted by molar-refractivity contribution is 7.89. The number of sulfonamides is 1. The normalized spacial score (nSPS) is 13.5. The van der Waals surface area contributed by atoms with Crippen molar-refractivity contribution in [2.75, 3.05) is 0 Å². The van der Waals surface area contributed by atoms with Gasteiger partial charge in [0, 0.05) is 16.7 Å². The summed E-state index contributed by atoms with van der Waals surface area (Å²) in [7, 11) is -4.16. The van der Waals surface area contributed by atoms with Crippen molar-refractivity contribution in [3.8, 4) is 5.75 Å². The van der Waals surface area contributed by atoms with E-state index in [0.29, 0.717) is 11.8 Å². The molecule has 0 aliphatic heterocycles. The van der Waals surface area contributed by atoms with E-state index >= 15 is 0 Å². The van der Waals surface area contributed by atoms with Crippen molar-refractivity contribution in [2.45, 2.75) is 4.90 Å². The fourth-order valence-electron chi connectivity index (χ4n) is 3.07. The van der Waals surface area contributed by atoms with Crippen LogP contribution in [0.25, 0.3) is 0 Å². The van der Waals surface area contributed by atoms with Crippen LogP contribution >= 0.6 is 0 Å². The van der Waals surface area contributed by atoms with Gasteiger partial charge in [0.05, 0.1) is 4.90 Å². The number of rotatable bonds is 6. The molecule has 7 nitrogen and oxygen atoms in total. The van der Waals surface area contributed by atoms with E-state index in [-0.39, 0.29) is 21.8 Å². The number of aldehydes is 1. The summed E-state index contributed by atoms with van der Waals surface area (Å²) in [6.07, 6.45) is 0.647. The second kappa shape index (κ2) is 8.00. The average molecular weight is 433 g/mol. The van der Waals surface area contributed by atoms with Crippen molar-refractivity contribution in [3.63, 3.8) is 0 Å². The van der Waals surface area contributed by atoms with Crippen molar-refractivity contribution in [2.24, 2.45) is 0 Å². The monoisotopic (exact) mass is 433 g/mol. The summed E-state index contributed by atoms with van der Waals surface area (Å²) in [5.74, 6) is -1.60. The zero-order valence-electron chi connectivity index (χ0n) is 15.9. The molecule has 0 saturated heterocycles. The molecule has 0 amide bonds. The number of ketones is 2. The van der Waals surface area contributed by atoms with Gasteiger partial charge < -0.3 is 4.74 Å². The number of ether oxygens (including phenoxy) is 1. The number of hydrogen-bond donors (Lipinski definition) is 1. The van der Waals surface area contributed by atoms with E-state index in [4.69, 9.17) is 4.74 Å². The van der Waals surface area contributed by atoms with E-state index in [1.165, 1.54) is 60.7 Å². The third-order valence-corrected chi connectivity index (χ3v) is 5.97. The molecule has 154 valence electrons. The molecule has 0 fully saturated rings. The molecule has 0 atom stereocenters. The Morgan fingerprint density at radius 3 is 1.94 bits per heavy atom. The van der Waals surface area contributed by atoms with Crippen molar-refractivity contribution < 1.29 is 27.5 Å². The zero-order chi connectivity index (χ0) is 22.0. The molecular formula is C23H15NO6S. The van der Waals surface area contributed by atoms with Crippen LogP contribution in [0, 0.1) is 0 Å². The first-order valence-corrected chi connectivity index (χ1v) is 10.6. The lowest BCUT2D eigenvalue weighted by Gasteiger charge is -2.22. The Morgan fingerprint density at radius 2 is 1.32 bits per heavy atom. The zero-order valence-corrected chi connectivity index (χ0v) is 16.8. The van der Waals surface area contributed by atoms with Crippen molar-refractivity contribution in [1.29, 1.82) is 0 Å². The second-order valence-corrected chi connectivity index (χ2v) is 8.30. The number of fused-ring (bicyclic) bond motifs is 1. The Morgan fingerprint density at radius 1 is 0.742 bits per heavy atom. The molecule has 0 saturated carbocycles. The van der Waals surface area contributed by atoms with Crippen LogP contribution in [0.3, 0.4) is 0 Å². The van der Waals surface area contributed by atoms with Gasteiger partial charge in [0.1, 0.15) is 17.7 Å². The van der Waals surface area contributed by atoms with Crippen molar-refractivity contribution >= 4 is 27.9 Å². The van der Waals surface area contributed by atoms with Crippen molar-refractivity contribution in [3.05, 3.63) is 107 Å². The van der Waals surface area contributed by atoms with E-state index in [1.54, 1.807) is 18.2 Å². The van der Waals surface area contributed by atoms with E-state index in [1.807, 2.05) is 0 Å². The molecule has 0 aromatic heterocycles. The molecule has 0 bridgehead atoms. The van der Waals surface area contributed by atoms with Crippen LogP contribution in [0.2, 0.25) is 0 Å². The third kappa shape index (κ3) is 3.88. The number of carbonyl (C=O) groups is 3. The van der Waals surface area contributed by atoms with Gasteiger partial charge in [-0.2, -0.15) is 0 Å². The van der Waals surface area contributed by atoms with Gasteiger partial charge in [0.25, 0.3) is 10.0 Å². The summed E-state index contributed by atoms with van der Waals surface area (Å²) in [6.45, 7) is 0. The van der Waals surface area contributed by atoms with Gasteiger partial charge >= 0.3 is 0 Å². The molecular weight excluding hydrogens is 418 g/mol. The van der Waals surface area contributed by atoms with Crippen LogP contribution < -0.4 is 9.46 Å². The molecule has 3 aromatic carbocycles. The summed E-state index contributed by atoms with van der Waals surface area (Å²) in [5.41, 5.74) is 0.0892. The summed E-state index contributed by atoms with van der Waals surface area (Å²) in [4.78, 5) is 37.0. The van der Waals surface area contributed by atoms with Crippen LogP contribution in [0.1, 0.15) is 31.1 Å². The fraction of sp³-hybridized carbons (Fsp3) is 0. The first-order valence-electron chi connectivity index (χ1n) is 9.14. The van der Waals surface area contributed by atoms with Crippen LogP contribution in [-0.2, 0) is 10.0 Å². The van der Waals surface area contributed by atoms with Gasteiger partial charge in [-0.25, -0.2) is 8.42 Å². The number of Topliss-reactive ketones (excluding diaryl/α,β-unsaturated/α-hetero) is 2. The predicted molar refractivity (Wildman–Crippen MR) is 111 cm³/mol. The molecule has 0 unspecified atom stereocenters. The highest BCUT2D eigenvalue weighted by Crippen LogP contribution is 2.28. The molecule has 3 aromatic rings. The SMILES string of the molecule is O=Cc1ccc(OC2=C(NS(=O)(=O)c3ccccc3)C(=O)c3ccccc3C2=O)cc1. The predicted octanol–water partition coefficient (Wildman–Crippen LogP) is 3.15. The maximum Gasteiger partial charge on any atom is 0.262 e. The standard InChI is InChI=1S/C23H15NO6S/c25-14-15-10-12-16(13-11-15)30-23-20(24-31(28,29)17-6-2-1-3-7-17)21(26)18-8-4-5-9-19(18)22(23)27/h1-14,24H. The van der Waals surface area contributed by atoms with Gasteiger partial charge in [-0.3, -0.25) is 19.1 Å². The van der Waals surface area contributed by atoms with Crippen LogP contribution in [0.15, 0.2) is 95.2 Å². The molecule has 1 aliphatic rings. The molecule has 0 heterocycles. The Hall–Kier alpha value is -4.04. The van der Waals surface area contributed by atoms with E-state index in [0.717, 1.165) is 0 Å². The molecule has 0 radical (unpaired) electrons. The Balaban J connectivity index is 1.82. The maximum atomic E-state index is 13.1. The van der Waals surface area contributed by atoms with Gasteiger partial charge in [-0.1, -0.05) is 42.5 Å². The smallest absolute Gasteiger partial charge is 0.262 e. The number of hydrogen-bond acceptors (Lipinski definition) is 6. The van der Waals surface area contributed by atoms with Gasteiger partial charge in [-0.15, -0.1) is 0 Å². The Bertz CT molecular complexity index is 1330. The summed E-state index contributed by atoms with van der Waals surface area (Å²) < 4.78 is 33.6.